The summed E-state index contributed by atoms with van der Waals surface area (Å²) in [7, 11) is 1.51. The van der Waals surface area contributed by atoms with Gasteiger partial charge >= 0.3 is 18.0 Å². The fourth-order valence-corrected chi connectivity index (χ4v) is 2.69. The van der Waals surface area contributed by atoms with Crippen molar-refractivity contribution in [2.24, 2.45) is 5.92 Å². The molecule has 0 heterocycles. The lowest BCUT2D eigenvalue weighted by molar-refractivity contribution is -0.170. The first-order valence-corrected chi connectivity index (χ1v) is 9.93. The first-order valence-electron chi connectivity index (χ1n) is 9.93. The second-order valence-electron chi connectivity index (χ2n) is 8.46. The Kier molecular flexibility index (Phi) is 7.65. The lowest BCUT2D eigenvalue weighted by Gasteiger charge is -2.30. The summed E-state index contributed by atoms with van der Waals surface area (Å²) in [5, 5.41) is 0. The average molecular weight is 405 g/mol. The number of likely N-dealkylation sites (N-methyl/N-ethyl adjacent to an activating group) is 1. The number of carbonyl (C=O) groups excluding carboxylic acids is 3. The predicted molar refractivity (Wildman–Crippen MR) is 107 cm³/mol. The zero-order valence-corrected chi connectivity index (χ0v) is 17.8. The van der Waals surface area contributed by atoms with Gasteiger partial charge < -0.3 is 14.2 Å². The Hall–Kier alpha value is -2.57. The molecule has 1 aliphatic carbocycles. The molecule has 0 radical (unpaired) electrons. The van der Waals surface area contributed by atoms with Gasteiger partial charge in [0.15, 0.2) is 6.10 Å². The van der Waals surface area contributed by atoms with Gasteiger partial charge in [-0.2, -0.15) is 0 Å². The molecule has 0 unspecified atom stereocenters. The molecule has 1 fully saturated rings. The van der Waals surface area contributed by atoms with Crippen molar-refractivity contribution in [1.82, 2.24) is 4.90 Å². The van der Waals surface area contributed by atoms with Gasteiger partial charge in [0.1, 0.15) is 18.2 Å². The number of amides is 1. The average Bonchev–Trinajstić information content (AvgIpc) is 3.47. The first kappa shape index (κ1) is 22.7. The number of hydrogen-bond donors (Lipinski definition) is 0. The molecular formula is C22H31NO6. The minimum atomic E-state index is -1.07. The molecule has 2 atom stereocenters. The third kappa shape index (κ3) is 7.75. The summed E-state index contributed by atoms with van der Waals surface area (Å²) in [6, 6.07) is 8.44. The van der Waals surface area contributed by atoms with E-state index in [0.717, 1.165) is 18.4 Å². The maximum absolute atomic E-state index is 12.7. The van der Waals surface area contributed by atoms with E-state index < -0.39 is 35.8 Å². The zero-order valence-electron chi connectivity index (χ0n) is 17.8. The number of benzene rings is 1. The van der Waals surface area contributed by atoms with E-state index in [1.807, 2.05) is 30.3 Å². The van der Waals surface area contributed by atoms with Gasteiger partial charge in [0.05, 0.1) is 0 Å². The van der Waals surface area contributed by atoms with Gasteiger partial charge in [-0.15, -0.1) is 0 Å². The molecule has 7 heteroatoms. The standard InChI is InChI=1S/C22H31NO6/c1-15(19(24)27-14-17-9-7-6-8-10-17)28-20(25)18(13-16-11-12-16)23(5)21(26)29-22(2,3)4/h6-10,15-16,18H,11-14H2,1-5H3/t15-,18+/m1/s1. The van der Waals surface area contributed by atoms with E-state index in [2.05, 4.69) is 0 Å². The number of carbonyl (C=O) groups is 3. The molecule has 7 nitrogen and oxygen atoms in total. The van der Waals surface area contributed by atoms with E-state index in [1.165, 1.54) is 18.9 Å². The van der Waals surface area contributed by atoms with Crippen molar-refractivity contribution in [2.45, 2.75) is 71.3 Å². The van der Waals surface area contributed by atoms with Crippen LogP contribution >= 0.6 is 0 Å². The Morgan fingerprint density at radius 3 is 2.28 bits per heavy atom. The predicted octanol–water partition coefficient (Wildman–Crippen LogP) is 3.70. The van der Waals surface area contributed by atoms with Crippen LogP contribution in [0.4, 0.5) is 4.79 Å². The van der Waals surface area contributed by atoms with Gasteiger partial charge in [-0.25, -0.2) is 14.4 Å². The summed E-state index contributed by atoms with van der Waals surface area (Å²) in [6.07, 6.45) is 0.848. The Morgan fingerprint density at radius 2 is 1.72 bits per heavy atom. The molecule has 29 heavy (non-hydrogen) atoms. The molecule has 1 aromatic rings. The summed E-state index contributed by atoms with van der Waals surface area (Å²) in [5.74, 6) is -0.889. The molecule has 0 aromatic heterocycles. The monoisotopic (exact) mass is 405 g/mol. The molecule has 0 saturated heterocycles. The van der Waals surface area contributed by atoms with Crippen molar-refractivity contribution >= 4 is 18.0 Å². The van der Waals surface area contributed by atoms with E-state index in [9.17, 15) is 14.4 Å². The summed E-state index contributed by atoms with van der Waals surface area (Å²) in [6.45, 7) is 6.85. The van der Waals surface area contributed by atoms with E-state index in [1.54, 1.807) is 20.8 Å². The van der Waals surface area contributed by atoms with Crippen molar-refractivity contribution in [3.05, 3.63) is 35.9 Å². The summed E-state index contributed by atoms with van der Waals surface area (Å²) >= 11 is 0. The van der Waals surface area contributed by atoms with Crippen molar-refractivity contribution in [3.63, 3.8) is 0 Å². The number of ether oxygens (including phenoxy) is 3. The summed E-state index contributed by atoms with van der Waals surface area (Å²) in [4.78, 5) is 38.6. The van der Waals surface area contributed by atoms with Crippen molar-refractivity contribution in [1.29, 1.82) is 0 Å². The molecule has 0 spiro atoms. The van der Waals surface area contributed by atoms with Gasteiger partial charge in [-0.1, -0.05) is 43.2 Å². The van der Waals surface area contributed by atoms with Crippen LogP contribution in [0.5, 0.6) is 0 Å². The van der Waals surface area contributed by atoms with Crippen LogP contribution in [0.15, 0.2) is 30.3 Å². The molecule has 1 saturated carbocycles. The number of esters is 2. The van der Waals surface area contributed by atoms with Crippen LogP contribution in [0, 0.1) is 5.92 Å². The Balaban J connectivity index is 1.93. The molecular weight excluding hydrogens is 374 g/mol. The van der Waals surface area contributed by atoms with Gasteiger partial charge in [-0.05, 0) is 45.6 Å². The molecule has 1 aliphatic rings. The molecule has 0 aliphatic heterocycles. The third-order valence-corrected chi connectivity index (χ3v) is 4.52. The van der Waals surface area contributed by atoms with Gasteiger partial charge in [-0.3, -0.25) is 4.90 Å². The zero-order chi connectivity index (χ0) is 21.6. The maximum atomic E-state index is 12.7. The van der Waals surface area contributed by atoms with Gasteiger partial charge in [0.25, 0.3) is 0 Å². The van der Waals surface area contributed by atoms with Crippen LogP contribution < -0.4 is 0 Å². The first-order chi connectivity index (χ1) is 13.6. The second-order valence-corrected chi connectivity index (χ2v) is 8.46. The highest BCUT2D eigenvalue weighted by Gasteiger charge is 2.37. The van der Waals surface area contributed by atoms with E-state index in [4.69, 9.17) is 14.2 Å². The Morgan fingerprint density at radius 1 is 1.10 bits per heavy atom. The fourth-order valence-electron chi connectivity index (χ4n) is 2.69. The van der Waals surface area contributed by atoms with Crippen LogP contribution in [-0.4, -0.2) is 47.7 Å². The van der Waals surface area contributed by atoms with Gasteiger partial charge in [0.2, 0.25) is 0 Å². The van der Waals surface area contributed by atoms with E-state index in [0.29, 0.717) is 12.3 Å². The lowest BCUT2D eigenvalue weighted by atomic mass is 10.1. The van der Waals surface area contributed by atoms with Crippen LogP contribution in [0.1, 0.15) is 52.5 Å². The molecule has 160 valence electrons. The smallest absolute Gasteiger partial charge is 0.410 e. The van der Waals surface area contributed by atoms with E-state index >= 15 is 0 Å². The highest BCUT2D eigenvalue weighted by Crippen LogP contribution is 2.35. The third-order valence-electron chi connectivity index (χ3n) is 4.52. The molecule has 2 rings (SSSR count). The molecule has 1 amide bonds. The fraction of sp³-hybridized carbons (Fsp3) is 0.591. The molecule has 0 bridgehead atoms. The van der Waals surface area contributed by atoms with Crippen molar-refractivity contribution < 1.29 is 28.6 Å². The maximum Gasteiger partial charge on any atom is 0.410 e. The van der Waals surface area contributed by atoms with Crippen LogP contribution in [0.25, 0.3) is 0 Å². The second kappa shape index (κ2) is 9.76. The Bertz CT molecular complexity index is 708. The highest BCUT2D eigenvalue weighted by atomic mass is 16.6. The normalized spacial score (nSPS) is 15.8. The van der Waals surface area contributed by atoms with E-state index in [-0.39, 0.29) is 6.61 Å². The molecule has 1 aromatic carbocycles. The number of nitrogens with zero attached hydrogens (tertiary/aromatic N) is 1. The minimum Gasteiger partial charge on any atom is -0.458 e. The molecule has 0 N–H and O–H groups in total. The van der Waals surface area contributed by atoms with Crippen molar-refractivity contribution in [2.75, 3.05) is 7.05 Å². The lowest BCUT2D eigenvalue weighted by Crippen LogP contribution is -2.47. The number of rotatable bonds is 8. The van der Waals surface area contributed by atoms with Crippen LogP contribution in [0.3, 0.4) is 0 Å². The van der Waals surface area contributed by atoms with Gasteiger partial charge in [0, 0.05) is 7.05 Å². The summed E-state index contributed by atoms with van der Waals surface area (Å²) in [5.41, 5.74) is 0.170. The largest absolute Gasteiger partial charge is 0.458 e. The highest BCUT2D eigenvalue weighted by molar-refractivity contribution is 5.84. The van der Waals surface area contributed by atoms with Crippen molar-refractivity contribution in [3.8, 4) is 0 Å². The quantitative estimate of drug-likeness (QED) is 0.484. The SMILES string of the molecule is C[C@@H](OC(=O)[C@H](CC1CC1)N(C)C(=O)OC(C)(C)C)C(=O)OCc1ccccc1. The van der Waals surface area contributed by atoms with Crippen LogP contribution in [0.2, 0.25) is 0 Å². The van der Waals surface area contributed by atoms with Crippen LogP contribution in [-0.2, 0) is 30.4 Å². The minimum absolute atomic E-state index is 0.102. The number of hydrogen-bond acceptors (Lipinski definition) is 6. The topological polar surface area (TPSA) is 82.1 Å². The summed E-state index contributed by atoms with van der Waals surface area (Å²) < 4.78 is 15.9. The Labute approximate surface area is 172 Å².